The lowest BCUT2D eigenvalue weighted by Gasteiger charge is -2.08. The second-order valence-electron chi connectivity index (χ2n) is 6.40. The zero-order valence-corrected chi connectivity index (χ0v) is 19.4. The van der Waals surface area contributed by atoms with Gasteiger partial charge in [0.2, 0.25) is 0 Å². The van der Waals surface area contributed by atoms with Crippen LogP contribution in [0.3, 0.4) is 0 Å². The summed E-state index contributed by atoms with van der Waals surface area (Å²) in [6, 6.07) is 7.70. The highest BCUT2D eigenvalue weighted by Crippen LogP contribution is 2.35. The zero-order valence-electron chi connectivity index (χ0n) is 17.7. The van der Waals surface area contributed by atoms with E-state index >= 15 is 0 Å². The molecule has 0 saturated carbocycles. The molecule has 0 fully saturated rings. The minimum absolute atomic E-state index is 0.358. The van der Waals surface area contributed by atoms with E-state index < -0.39 is 5.97 Å². The highest BCUT2D eigenvalue weighted by Gasteiger charge is 2.20. The van der Waals surface area contributed by atoms with E-state index in [1.54, 1.807) is 20.4 Å². The summed E-state index contributed by atoms with van der Waals surface area (Å²) in [6.45, 7) is 3.80. The van der Waals surface area contributed by atoms with Crippen LogP contribution in [0, 0.1) is 25.2 Å². The van der Waals surface area contributed by atoms with Gasteiger partial charge in [-0.05, 0) is 37.6 Å². The first-order chi connectivity index (χ1) is 14.9. The number of allylic oxidation sites excluding steroid dienone is 1. The SMILES string of the molecule is COC(=O)c1c(NC=C(C#N)c2nc(-c3ccc(OC)c(OC)c3)cs2)sc(C)c1C. The number of anilines is 1. The Bertz CT molecular complexity index is 1190. The number of nitrogens with one attached hydrogen (secondary N) is 1. The van der Waals surface area contributed by atoms with Crippen molar-refractivity contribution >= 4 is 39.2 Å². The van der Waals surface area contributed by atoms with Crippen molar-refractivity contribution in [2.24, 2.45) is 0 Å². The van der Waals surface area contributed by atoms with Gasteiger partial charge in [-0.25, -0.2) is 9.78 Å². The van der Waals surface area contributed by atoms with Gasteiger partial charge in [0.05, 0.1) is 32.6 Å². The number of thiophene rings is 1. The van der Waals surface area contributed by atoms with Crippen molar-refractivity contribution < 1.29 is 19.0 Å². The Labute approximate surface area is 188 Å². The molecular weight excluding hydrogens is 434 g/mol. The van der Waals surface area contributed by atoms with E-state index in [0.29, 0.717) is 32.6 Å². The van der Waals surface area contributed by atoms with E-state index in [1.807, 2.05) is 37.4 Å². The fraction of sp³-hybridized carbons (Fsp3) is 0.227. The number of hydrogen-bond acceptors (Lipinski definition) is 9. The minimum Gasteiger partial charge on any atom is -0.493 e. The first-order valence-electron chi connectivity index (χ1n) is 9.16. The molecule has 0 saturated heterocycles. The monoisotopic (exact) mass is 455 g/mol. The van der Waals surface area contributed by atoms with E-state index in [9.17, 15) is 10.1 Å². The highest BCUT2D eigenvalue weighted by molar-refractivity contribution is 7.16. The Hall–Kier alpha value is -3.35. The van der Waals surface area contributed by atoms with Crippen molar-refractivity contribution in [3.05, 3.63) is 50.8 Å². The summed E-state index contributed by atoms with van der Waals surface area (Å²) in [7, 11) is 4.50. The molecule has 31 heavy (non-hydrogen) atoms. The summed E-state index contributed by atoms with van der Waals surface area (Å²) in [6.07, 6.45) is 1.56. The second kappa shape index (κ2) is 9.64. The number of ether oxygens (including phenoxy) is 3. The largest absolute Gasteiger partial charge is 0.493 e. The summed E-state index contributed by atoms with van der Waals surface area (Å²) >= 11 is 2.79. The normalized spacial score (nSPS) is 11.0. The lowest BCUT2D eigenvalue weighted by Crippen LogP contribution is -2.04. The molecule has 3 rings (SSSR count). The van der Waals surface area contributed by atoms with E-state index in [4.69, 9.17) is 14.2 Å². The standard InChI is InChI=1S/C22H21N3O4S2/c1-12-13(2)31-21(19(12)22(26)29-5)24-10-15(9-23)20-25-16(11-30-20)14-6-7-17(27-3)18(8-14)28-4/h6-8,10-11,24H,1-5H3. The van der Waals surface area contributed by atoms with Gasteiger partial charge in [-0.1, -0.05) is 0 Å². The number of hydrogen-bond donors (Lipinski definition) is 1. The lowest BCUT2D eigenvalue weighted by atomic mass is 10.1. The van der Waals surface area contributed by atoms with Gasteiger partial charge in [0.1, 0.15) is 21.7 Å². The van der Waals surface area contributed by atoms with E-state index in [-0.39, 0.29) is 0 Å². The van der Waals surface area contributed by atoms with E-state index in [2.05, 4.69) is 16.4 Å². The number of carbonyl (C=O) groups is 1. The third kappa shape index (κ3) is 4.55. The summed E-state index contributed by atoms with van der Waals surface area (Å²) in [5.74, 6) is 0.818. The lowest BCUT2D eigenvalue weighted by molar-refractivity contribution is 0.0601. The van der Waals surface area contributed by atoms with Crippen LogP contribution in [0.5, 0.6) is 11.5 Å². The van der Waals surface area contributed by atoms with Gasteiger partial charge in [-0.3, -0.25) is 0 Å². The third-order valence-electron chi connectivity index (χ3n) is 4.66. The van der Waals surface area contributed by atoms with Gasteiger partial charge in [0.15, 0.2) is 11.5 Å². The van der Waals surface area contributed by atoms with E-state index in [0.717, 1.165) is 21.7 Å². The molecule has 1 aromatic carbocycles. The van der Waals surface area contributed by atoms with Crippen LogP contribution in [0.2, 0.25) is 0 Å². The van der Waals surface area contributed by atoms with Crippen LogP contribution >= 0.6 is 22.7 Å². The van der Waals surface area contributed by atoms with Crippen LogP contribution in [-0.2, 0) is 4.74 Å². The average Bonchev–Trinajstić information content (AvgIpc) is 3.38. The van der Waals surface area contributed by atoms with Crippen LogP contribution in [0.1, 0.15) is 25.8 Å². The predicted octanol–water partition coefficient (Wildman–Crippen LogP) is 5.27. The Balaban J connectivity index is 1.90. The first kappa shape index (κ1) is 22.3. The molecule has 0 aliphatic heterocycles. The van der Waals surface area contributed by atoms with Gasteiger partial charge >= 0.3 is 5.97 Å². The summed E-state index contributed by atoms with van der Waals surface area (Å²) in [4.78, 5) is 17.7. The zero-order chi connectivity index (χ0) is 22.5. The fourth-order valence-corrected chi connectivity index (χ4v) is 4.69. The van der Waals surface area contributed by atoms with Crippen LogP contribution in [0.25, 0.3) is 16.8 Å². The van der Waals surface area contributed by atoms with Crippen molar-refractivity contribution in [3.8, 4) is 28.8 Å². The van der Waals surface area contributed by atoms with E-state index in [1.165, 1.54) is 29.8 Å². The molecule has 2 aromatic heterocycles. The highest BCUT2D eigenvalue weighted by atomic mass is 32.1. The number of nitrogens with zero attached hydrogens (tertiary/aromatic N) is 2. The number of esters is 1. The molecule has 1 N–H and O–H groups in total. The number of carbonyl (C=O) groups excluding carboxylic acids is 1. The van der Waals surface area contributed by atoms with Gasteiger partial charge in [-0.2, -0.15) is 5.26 Å². The maximum absolute atomic E-state index is 12.1. The van der Waals surface area contributed by atoms with Gasteiger partial charge in [-0.15, -0.1) is 22.7 Å². The molecular formula is C22H21N3O4S2. The predicted molar refractivity (Wildman–Crippen MR) is 123 cm³/mol. The van der Waals surface area contributed by atoms with Crippen LogP contribution in [0.4, 0.5) is 5.00 Å². The topological polar surface area (TPSA) is 93.5 Å². The van der Waals surface area contributed by atoms with Crippen molar-refractivity contribution in [2.45, 2.75) is 13.8 Å². The van der Waals surface area contributed by atoms with Crippen molar-refractivity contribution in [3.63, 3.8) is 0 Å². The maximum Gasteiger partial charge on any atom is 0.341 e. The smallest absolute Gasteiger partial charge is 0.341 e. The molecule has 9 heteroatoms. The summed E-state index contributed by atoms with van der Waals surface area (Å²) < 4.78 is 15.5. The molecule has 0 unspecified atom stereocenters. The second-order valence-corrected chi connectivity index (χ2v) is 8.48. The molecule has 0 aliphatic rings. The van der Waals surface area contributed by atoms with Crippen LogP contribution in [0.15, 0.2) is 29.8 Å². The maximum atomic E-state index is 12.1. The molecule has 0 atom stereocenters. The molecule has 0 bridgehead atoms. The Kier molecular flexibility index (Phi) is 6.95. The molecule has 0 aliphatic carbocycles. The van der Waals surface area contributed by atoms with Crippen LogP contribution < -0.4 is 14.8 Å². The number of benzene rings is 1. The summed E-state index contributed by atoms with van der Waals surface area (Å²) in [5, 5.41) is 15.8. The number of methoxy groups -OCH3 is 3. The Morgan fingerprint density at radius 3 is 2.58 bits per heavy atom. The first-order valence-corrected chi connectivity index (χ1v) is 10.9. The quantitative estimate of drug-likeness (QED) is 0.383. The minimum atomic E-state index is -0.416. The third-order valence-corrected chi connectivity index (χ3v) is 6.67. The molecule has 3 aromatic rings. The number of aryl methyl sites for hydroxylation is 1. The molecule has 7 nitrogen and oxygen atoms in total. The molecule has 0 amide bonds. The molecule has 2 heterocycles. The molecule has 160 valence electrons. The van der Waals surface area contributed by atoms with Gasteiger partial charge in [0, 0.05) is 22.0 Å². The van der Waals surface area contributed by atoms with Crippen molar-refractivity contribution in [2.75, 3.05) is 26.6 Å². The Morgan fingerprint density at radius 2 is 1.94 bits per heavy atom. The van der Waals surface area contributed by atoms with Crippen molar-refractivity contribution in [1.82, 2.24) is 4.98 Å². The molecule has 0 spiro atoms. The Morgan fingerprint density at radius 1 is 1.19 bits per heavy atom. The number of rotatable bonds is 7. The number of aromatic nitrogens is 1. The van der Waals surface area contributed by atoms with Crippen molar-refractivity contribution in [1.29, 1.82) is 5.26 Å². The van der Waals surface area contributed by atoms with Gasteiger partial charge in [0.25, 0.3) is 0 Å². The fourth-order valence-electron chi connectivity index (χ4n) is 2.88. The number of nitriles is 1. The summed E-state index contributed by atoms with van der Waals surface area (Å²) in [5.41, 5.74) is 3.26. The van der Waals surface area contributed by atoms with Crippen LogP contribution in [-0.4, -0.2) is 32.3 Å². The molecule has 0 radical (unpaired) electrons. The average molecular weight is 456 g/mol. The number of thiazole rings is 1. The van der Waals surface area contributed by atoms with Gasteiger partial charge < -0.3 is 19.5 Å².